The lowest BCUT2D eigenvalue weighted by Crippen LogP contribution is -2.05. The standard InChI is InChI=1S/C13H13N3O/c1-9(17)16-12-5-2-10(3-6-12)11-4-7-13(14)15-8-11/h2-8H,1H3,(H2,14,15)(H,16,17). The summed E-state index contributed by atoms with van der Waals surface area (Å²) in [5.41, 5.74) is 8.34. The van der Waals surface area contributed by atoms with Crippen LogP contribution < -0.4 is 11.1 Å². The summed E-state index contributed by atoms with van der Waals surface area (Å²) in [6.45, 7) is 1.48. The van der Waals surface area contributed by atoms with Crippen molar-refractivity contribution in [3.63, 3.8) is 0 Å². The van der Waals surface area contributed by atoms with Crippen LogP contribution in [0.1, 0.15) is 6.92 Å². The third-order valence-corrected chi connectivity index (χ3v) is 2.32. The van der Waals surface area contributed by atoms with E-state index in [1.54, 1.807) is 12.3 Å². The van der Waals surface area contributed by atoms with Gasteiger partial charge in [-0.15, -0.1) is 0 Å². The third kappa shape index (κ3) is 2.81. The molecule has 1 heterocycles. The van der Waals surface area contributed by atoms with E-state index in [9.17, 15) is 4.79 Å². The summed E-state index contributed by atoms with van der Waals surface area (Å²) in [6, 6.07) is 11.2. The summed E-state index contributed by atoms with van der Waals surface area (Å²) in [7, 11) is 0. The van der Waals surface area contributed by atoms with Crippen LogP contribution in [0.4, 0.5) is 11.5 Å². The maximum absolute atomic E-state index is 10.9. The zero-order valence-electron chi connectivity index (χ0n) is 9.47. The molecule has 3 N–H and O–H groups in total. The van der Waals surface area contributed by atoms with E-state index in [-0.39, 0.29) is 5.91 Å². The molecule has 4 nitrogen and oxygen atoms in total. The van der Waals surface area contributed by atoms with Gasteiger partial charge in [-0.25, -0.2) is 4.98 Å². The summed E-state index contributed by atoms with van der Waals surface area (Å²) in [5.74, 6) is 0.426. The van der Waals surface area contributed by atoms with Crippen molar-refractivity contribution in [2.45, 2.75) is 6.92 Å². The number of nitrogens with zero attached hydrogens (tertiary/aromatic N) is 1. The molecule has 1 aromatic carbocycles. The van der Waals surface area contributed by atoms with Crippen LogP contribution in [0.3, 0.4) is 0 Å². The molecule has 0 aliphatic carbocycles. The van der Waals surface area contributed by atoms with Gasteiger partial charge < -0.3 is 11.1 Å². The lowest BCUT2D eigenvalue weighted by Gasteiger charge is -2.04. The molecule has 0 aliphatic rings. The molecule has 0 atom stereocenters. The average Bonchev–Trinajstić information content (AvgIpc) is 2.30. The molecule has 0 unspecified atom stereocenters. The lowest BCUT2D eigenvalue weighted by molar-refractivity contribution is -0.114. The molecule has 0 saturated carbocycles. The quantitative estimate of drug-likeness (QED) is 0.827. The zero-order valence-corrected chi connectivity index (χ0v) is 9.47. The molecule has 0 saturated heterocycles. The van der Waals surface area contributed by atoms with Crippen LogP contribution in [0.2, 0.25) is 0 Å². The van der Waals surface area contributed by atoms with Gasteiger partial charge in [-0.2, -0.15) is 0 Å². The summed E-state index contributed by atoms with van der Waals surface area (Å²) in [5, 5.41) is 2.72. The van der Waals surface area contributed by atoms with E-state index in [0.29, 0.717) is 5.82 Å². The Bertz CT molecular complexity index is 517. The number of carbonyl (C=O) groups excluding carboxylic acids is 1. The highest BCUT2D eigenvalue weighted by molar-refractivity contribution is 5.88. The third-order valence-electron chi connectivity index (χ3n) is 2.32. The van der Waals surface area contributed by atoms with E-state index in [1.807, 2.05) is 30.3 Å². The van der Waals surface area contributed by atoms with E-state index in [1.165, 1.54) is 6.92 Å². The van der Waals surface area contributed by atoms with Crippen molar-refractivity contribution in [2.75, 3.05) is 11.1 Å². The summed E-state index contributed by atoms with van der Waals surface area (Å²) in [4.78, 5) is 14.9. The highest BCUT2D eigenvalue weighted by Crippen LogP contribution is 2.21. The van der Waals surface area contributed by atoms with Gasteiger partial charge in [0.05, 0.1) is 0 Å². The Labute approximate surface area is 99.5 Å². The Balaban J connectivity index is 2.23. The molecule has 0 bridgehead atoms. The second-order valence-electron chi connectivity index (χ2n) is 3.73. The molecule has 86 valence electrons. The van der Waals surface area contributed by atoms with Gasteiger partial charge >= 0.3 is 0 Å². The van der Waals surface area contributed by atoms with Gasteiger partial charge in [0.1, 0.15) is 5.82 Å². The number of anilines is 2. The van der Waals surface area contributed by atoms with Crippen molar-refractivity contribution < 1.29 is 4.79 Å². The minimum absolute atomic E-state index is 0.0769. The molecule has 2 aromatic rings. The second-order valence-corrected chi connectivity index (χ2v) is 3.73. The van der Waals surface area contributed by atoms with Gasteiger partial charge in [0, 0.05) is 24.4 Å². The molecule has 0 fully saturated rings. The van der Waals surface area contributed by atoms with Gasteiger partial charge in [0.2, 0.25) is 5.91 Å². The number of benzene rings is 1. The fourth-order valence-corrected chi connectivity index (χ4v) is 1.53. The second kappa shape index (κ2) is 4.65. The predicted octanol–water partition coefficient (Wildman–Crippen LogP) is 2.29. The number of nitrogens with one attached hydrogen (secondary N) is 1. The van der Waals surface area contributed by atoms with E-state index in [4.69, 9.17) is 5.73 Å². The van der Waals surface area contributed by atoms with Crippen molar-refractivity contribution in [1.29, 1.82) is 0 Å². The molecule has 0 radical (unpaired) electrons. The van der Waals surface area contributed by atoms with E-state index in [0.717, 1.165) is 16.8 Å². The number of nitrogen functional groups attached to an aromatic ring is 1. The molecule has 0 aliphatic heterocycles. The first-order valence-corrected chi connectivity index (χ1v) is 5.25. The summed E-state index contributed by atoms with van der Waals surface area (Å²) in [6.07, 6.45) is 1.72. The van der Waals surface area contributed by atoms with Crippen molar-refractivity contribution >= 4 is 17.4 Å². The highest BCUT2D eigenvalue weighted by Gasteiger charge is 1.99. The van der Waals surface area contributed by atoms with Gasteiger partial charge in [-0.1, -0.05) is 12.1 Å². The Morgan fingerprint density at radius 1 is 1.12 bits per heavy atom. The van der Waals surface area contributed by atoms with Gasteiger partial charge in [-0.3, -0.25) is 4.79 Å². The molecule has 1 amide bonds. The molecule has 0 spiro atoms. The van der Waals surface area contributed by atoms with Crippen molar-refractivity contribution in [2.24, 2.45) is 0 Å². The molecule has 17 heavy (non-hydrogen) atoms. The van der Waals surface area contributed by atoms with Crippen molar-refractivity contribution in [3.05, 3.63) is 42.6 Å². The SMILES string of the molecule is CC(=O)Nc1ccc(-c2ccc(N)nc2)cc1. The van der Waals surface area contributed by atoms with E-state index in [2.05, 4.69) is 10.3 Å². The van der Waals surface area contributed by atoms with Crippen molar-refractivity contribution in [3.8, 4) is 11.1 Å². The Hall–Kier alpha value is -2.36. The number of hydrogen-bond acceptors (Lipinski definition) is 3. The van der Waals surface area contributed by atoms with Crippen molar-refractivity contribution in [1.82, 2.24) is 4.98 Å². The van der Waals surface area contributed by atoms with Crippen LogP contribution >= 0.6 is 0 Å². The molecule has 2 rings (SSSR count). The van der Waals surface area contributed by atoms with Crippen LogP contribution in [0.25, 0.3) is 11.1 Å². The summed E-state index contributed by atoms with van der Waals surface area (Å²) >= 11 is 0. The van der Waals surface area contributed by atoms with Crippen LogP contribution in [0.15, 0.2) is 42.6 Å². The maximum atomic E-state index is 10.9. The first-order chi connectivity index (χ1) is 8.15. The topological polar surface area (TPSA) is 68.0 Å². The molecular formula is C13H13N3O. The van der Waals surface area contributed by atoms with Crippen LogP contribution in [0, 0.1) is 0 Å². The van der Waals surface area contributed by atoms with Gasteiger partial charge in [0.15, 0.2) is 0 Å². The normalized spacial score (nSPS) is 9.94. The Kier molecular flexibility index (Phi) is 3.05. The first kappa shape index (κ1) is 11.1. The number of hydrogen-bond donors (Lipinski definition) is 2. The molecular weight excluding hydrogens is 214 g/mol. The van der Waals surface area contributed by atoms with Crippen LogP contribution in [-0.2, 0) is 4.79 Å². The zero-order chi connectivity index (χ0) is 12.3. The Morgan fingerprint density at radius 2 is 1.76 bits per heavy atom. The largest absolute Gasteiger partial charge is 0.384 e. The molecule has 1 aromatic heterocycles. The smallest absolute Gasteiger partial charge is 0.221 e. The van der Waals surface area contributed by atoms with Gasteiger partial charge in [-0.05, 0) is 29.8 Å². The molecule has 4 heteroatoms. The minimum atomic E-state index is -0.0769. The highest BCUT2D eigenvalue weighted by atomic mass is 16.1. The fourth-order valence-electron chi connectivity index (χ4n) is 1.53. The monoisotopic (exact) mass is 227 g/mol. The number of rotatable bonds is 2. The minimum Gasteiger partial charge on any atom is -0.384 e. The first-order valence-electron chi connectivity index (χ1n) is 5.25. The fraction of sp³-hybridized carbons (Fsp3) is 0.0769. The number of pyridine rings is 1. The number of carbonyl (C=O) groups is 1. The Morgan fingerprint density at radius 3 is 2.29 bits per heavy atom. The predicted molar refractivity (Wildman–Crippen MR) is 68.4 cm³/mol. The number of nitrogens with two attached hydrogens (primary N) is 1. The van der Waals surface area contributed by atoms with Crippen LogP contribution in [0.5, 0.6) is 0 Å². The lowest BCUT2D eigenvalue weighted by atomic mass is 10.1. The van der Waals surface area contributed by atoms with E-state index >= 15 is 0 Å². The maximum Gasteiger partial charge on any atom is 0.221 e. The summed E-state index contributed by atoms with van der Waals surface area (Å²) < 4.78 is 0. The average molecular weight is 227 g/mol. The van der Waals surface area contributed by atoms with E-state index < -0.39 is 0 Å². The van der Waals surface area contributed by atoms with Gasteiger partial charge in [0.25, 0.3) is 0 Å². The number of aromatic nitrogens is 1. The number of amides is 1. The van der Waals surface area contributed by atoms with Crippen LogP contribution in [-0.4, -0.2) is 10.9 Å².